The first kappa shape index (κ1) is 16.1. The molecule has 0 aromatic carbocycles. The molecule has 1 heterocycles. The van der Waals surface area contributed by atoms with E-state index in [1.54, 1.807) is 0 Å². The topological polar surface area (TPSA) is 49.5 Å². The maximum atomic E-state index is 5.95. The molecule has 0 bridgehead atoms. The Kier molecular flexibility index (Phi) is 7.36. The third kappa shape index (κ3) is 5.77. The molecule has 0 amide bonds. The SMILES string of the molecule is CCC[Si](OCC)(OCC)OC(C)OCC1CO1. The number of hydrogen-bond acceptors (Lipinski definition) is 5. The van der Waals surface area contributed by atoms with E-state index < -0.39 is 8.80 Å². The quantitative estimate of drug-likeness (QED) is 0.329. The van der Waals surface area contributed by atoms with Crippen molar-refractivity contribution in [2.75, 3.05) is 26.4 Å². The standard InChI is InChI=1S/C12H26O5Si/c1-5-8-18(15-6-2,16-7-3)17-11(4)13-9-12-10-14-12/h11-12H,5-10H2,1-4H3. The van der Waals surface area contributed by atoms with Gasteiger partial charge in [0.05, 0.1) is 13.2 Å². The first-order chi connectivity index (χ1) is 8.65. The molecule has 0 aromatic rings. The minimum absolute atomic E-state index is 0.248. The lowest BCUT2D eigenvalue weighted by Crippen LogP contribution is -2.48. The summed E-state index contributed by atoms with van der Waals surface area (Å²) in [5.41, 5.74) is 0. The molecule has 108 valence electrons. The number of ether oxygens (including phenoxy) is 2. The normalized spacial score (nSPS) is 21.0. The van der Waals surface area contributed by atoms with E-state index in [1.807, 2.05) is 20.8 Å². The monoisotopic (exact) mass is 278 g/mol. The summed E-state index contributed by atoms with van der Waals surface area (Å²) in [5.74, 6) is 0. The second-order valence-electron chi connectivity index (χ2n) is 4.27. The Labute approximate surface area is 111 Å². The van der Waals surface area contributed by atoms with Crippen LogP contribution in [0.2, 0.25) is 6.04 Å². The molecule has 1 saturated heterocycles. The highest BCUT2D eigenvalue weighted by Gasteiger charge is 2.41. The van der Waals surface area contributed by atoms with Gasteiger partial charge in [0.2, 0.25) is 0 Å². The van der Waals surface area contributed by atoms with Crippen LogP contribution in [-0.2, 0) is 22.8 Å². The fourth-order valence-electron chi connectivity index (χ4n) is 1.75. The molecule has 0 aliphatic carbocycles. The Hall–Kier alpha value is 0.0169. The molecule has 0 aromatic heterocycles. The summed E-state index contributed by atoms with van der Waals surface area (Å²) >= 11 is 0. The fourth-order valence-corrected chi connectivity index (χ4v) is 4.44. The molecule has 1 aliphatic rings. The Morgan fingerprint density at radius 3 is 2.28 bits per heavy atom. The molecule has 1 rings (SSSR count). The second kappa shape index (κ2) is 8.24. The van der Waals surface area contributed by atoms with Crippen LogP contribution in [0, 0.1) is 0 Å². The van der Waals surface area contributed by atoms with Crippen LogP contribution in [0.1, 0.15) is 34.1 Å². The Bertz CT molecular complexity index is 205. The predicted octanol–water partition coefficient (Wildman–Crippen LogP) is 2.19. The van der Waals surface area contributed by atoms with E-state index in [2.05, 4.69) is 6.92 Å². The summed E-state index contributed by atoms with van der Waals surface area (Å²) < 4.78 is 28.2. The summed E-state index contributed by atoms with van der Waals surface area (Å²) in [7, 11) is -2.58. The molecule has 1 fully saturated rings. The third-order valence-corrected chi connectivity index (χ3v) is 5.81. The van der Waals surface area contributed by atoms with E-state index in [-0.39, 0.29) is 12.4 Å². The van der Waals surface area contributed by atoms with E-state index in [0.29, 0.717) is 19.8 Å². The van der Waals surface area contributed by atoms with Gasteiger partial charge in [-0.2, -0.15) is 0 Å². The van der Waals surface area contributed by atoms with Crippen LogP contribution < -0.4 is 0 Å². The van der Waals surface area contributed by atoms with E-state index in [4.69, 9.17) is 22.8 Å². The maximum Gasteiger partial charge on any atom is 0.502 e. The van der Waals surface area contributed by atoms with Gasteiger partial charge in [-0.3, -0.25) is 0 Å². The first-order valence-corrected chi connectivity index (χ1v) is 8.77. The fraction of sp³-hybridized carbons (Fsp3) is 1.00. The molecule has 0 saturated carbocycles. The van der Waals surface area contributed by atoms with Gasteiger partial charge in [-0.05, 0) is 20.8 Å². The van der Waals surface area contributed by atoms with Crippen LogP contribution in [0.25, 0.3) is 0 Å². The largest absolute Gasteiger partial charge is 0.502 e. The molecule has 6 heteroatoms. The van der Waals surface area contributed by atoms with Crippen LogP contribution in [0.15, 0.2) is 0 Å². The van der Waals surface area contributed by atoms with E-state index >= 15 is 0 Å². The first-order valence-electron chi connectivity index (χ1n) is 6.84. The number of epoxide rings is 1. The molecule has 2 atom stereocenters. The zero-order valence-electron chi connectivity index (χ0n) is 11.9. The van der Waals surface area contributed by atoms with E-state index in [9.17, 15) is 0 Å². The van der Waals surface area contributed by atoms with Crippen molar-refractivity contribution in [3.63, 3.8) is 0 Å². The van der Waals surface area contributed by atoms with Crippen LogP contribution in [0.4, 0.5) is 0 Å². The van der Waals surface area contributed by atoms with Crippen LogP contribution in [-0.4, -0.2) is 47.6 Å². The van der Waals surface area contributed by atoms with Crippen molar-refractivity contribution >= 4 is 8.80 Å². The molecule has 0 spiro atoms. The van der Waals surface area contributed by atoms with Gasteiger partial charge in [-0.1, -0.05) is 13.3 Å². The van der Waals surface area contributed by atoms with Crippen LogP contribution in [0.3, 0.4) is 0 Å². The molecular formula is C12H26O5Si. The van der Waals surface area contributed by atoms with E-state index in [1.165, 1.54) is 0 Å². The van der Waals surface area contributed by atoms with E-state index in [0.717, 1.165) is 19.1 Å². The smallest absolute Gasteiger partial charge is 0.374 e. The Balaban J connectivity index is 2.44. The molecule has 1 aliphatic heterocycles. The van der Waals surface area contributed by atoms with Gasteiger partial charge in [-0.25, -0.2) is 0 Å². The average Bonchev–Trinajstić information content (AvgIpc) is 3.11. The molecular weight excluding hydrogens is 252 g/mol. The van der Waals surface area contributed by atoms with Gasteiger partial charge in [-0.15, -0.1) is 0 Å². The van der Waals surface area contributed by atoms with Crippen molar-refractivity contribution in [3.05, 3.63) is 0 Å². The number of hydrogen-bond donors (Lipinski definition) is 0. The average molecular weight is 278 g/mol. The summed E-state index contributed by atoms with van der Waals surface area (Å²) in [4.78, 5) is 0. The van der Waals surface area contributed by atoms with Crippen molar-refractivity contribution in [1.82, 2.24) is 0 Å². The van der Waals surface area contributed by atoms with Crippen molar-refractivity contribution < 1.29 is 22.8 Å². The molecule has 18 heavy (non-hydrogen) atoms. The highest BCUT2D eigenvalue weighted by molar-refractivity contribution is 6.60. The van der Waals surface area contributed by atoms with Gasteiger partial charge in [0.15, 0.2) is 0 Å². The van der Waals surface area contributed by atoms with Gasteiger partial charge < -0.3 is 22.8 Å². The van der Waals surface area contributed by atoms with Crippen LogP contribution in [0.5, 0.6) is 0 Å². The van der Waals surface area contributed by atoms with Gasteiger partial charge in [0.1, 0.15) is 12.4 Å². The minimum Gasteiger partial charge on any atom is -0.374 e. The third-order valence-electron chi connectivity index (χ3n) is 2.55. The second-order valence-corrected chi connectivity index (χ2v) is 6.95. The van der Waals surface area contributed by atoms with Crippen LogP contribution >= 0.6 is 0 Å². The summed E-state index contributed by atoms with van der Waals surface area (Å²) in [5, 5.41) is 0. The molecule has 2 unspecified atom stereocenters. The van der Waals surface area contributed by atoms with Gasteiger partial charge >= 0.3 is 8.80 Å². The predicted molar refractivity (Wildman–Crippen MR) is 70.3 cm³/mol. The lowest BCUT2D eigenvalue weighted by atomic mass is 10.5. The highest BCUT2D eigenvalue weighted by atomic mass is 28.4. The lowest BCUT2D eigenvalue weighted by molar-refractivity contribution is -0.111. The summed E-state index contributed by atoms with van der Waals surface area (Å²) in [6, 6.07) is 0.822. The molecule has 5 nitrogen and oxygen atoms in total. The van der Waals surface area contributed by atoms with Gasteiger partial charge in [0.25, 0.3) is 0 Å². The Morgan fingerprint density at radius 1 is 1.22 bits per heavy atom. The highest BCUT2D eigenvalue weighted by Crippen LogP contribution is 2.21. The summed E-state index contributed by atoms with van der Waals surface area (Å²) in [6.07, 6.45) is 0.910. The zero-order chi connectivity index (χ0) is 13.4. The van der Waals surface area contributed by atoms with Crippen molar-refractivity contribution in [2.45, 2.75) is 52.6 Å². The van der Waals surface area contributed by atoms with Crippen molar-refractivity contribution in [1.29, 1.82) is 0 Å². The zero-order valence-corrected chi connectivity index (χ0v) is 12.9. The molecule has 0 radical (unpaired) electrons. The Morgan fingerprint density at radius 2 is 1.83 bits per heavy atom. The summed E-state index contributed by atoms with van der Waals surface area (Å²) in [6.45, 7) is 10.5. The maximum absolute atomic E-state index is 5.95. The lowest BCUT2D eigenvalue weighted by Gasteiger charge is -2.31. The van der Waals surface area contributed by atoms with Crippen molar-refractivity contribution in [3.8, 4) is 0 Å². The molecule has 0 N–H and O–H groups in total. The van der Waals surface area contributed by atoms with Gasteiger partial charge in [0, 0.05) is 19.3 Å². The van der Waals surface area contributed by atoms with Crippen molar-refractivity contribution in [2.24, 2.45) is 0 Å². The minimum atomic E-state index is -2.58. The number of rotatable bonds is 11.